The predicted octanol–water partition coefficient (Wildman–Crippen LogP) is 3.22. The van der Waals surface area contributed by atoms with E-state index in [2.05, 4.69) is 30.9 Å². The number of amides is 2. The zero-order valence-corrected chi connectivity index (χ0v) is 19.3. The first-order valence-corrected chi connectivity index (χ1v) is 11.6. The lowest BCUT2D eigenvalue weighted by Gasteiger charge is -2.34. The Hall–Kier alpha value is -3.24. The number of nitrogens with one attached hydrogen (secondary N) is 2. The molecular weight excluding hydrogens is 443 g/mol. The van der Waals surface area contributed by atoms with Crippen LogP contribution in [0.25, 0.3) is 0 Å². The number of piperazine rings is 1. The zero-order valence-electron chi connectivity index (χ0n) is 18.5. The van der Waals surface area contributed by atoms with Crippen LogP contribution in [0, 0.1) is 5.82 Å². The van der Waals surface area contributed by atoms with E-state index in [1.165, 1.54) is 23.7 Å². The van der Waals surface area contributed by atoms with Crippen LogP contribution in [0.4, 0.5) is 20.0 Å². The van der Waals surface area contributed by atoms with E-state index >= 15 is 0 Å². The Kier molecular flexibility index (Phi) is 7.69. The summed E-state index contributed by atoms with van der Waals surface area (Å²) >= 11 is 1.43. The Bertz CT molecular complexity index is 1070. The number of ether oxygens (including phenoxy) is 1. The molecule has 1 aliphatic heterocycles. The van der Waals surface area contributed by atoms with Crippen LogP contribution in [0.15, 0.2) is 48.5 Å². The summed E-state index contributed by atoms with van der Waals surface area (Å²) < 4.78 is 23.0. The molecule has 174 valence electrons. The summed E-state index contributed by atoms with van der Waals surface area (Å²) in [6, 6.07) is 13.5. The van der Waals surface area contributed by atoms with E-state index in [1.807, 2.05) is 18.2 Å². The fourth-order valence-corrected chi connectivity index (χ4v) is 4.38. The zero-order chi connectivity index (χ0) is 23.0. The van der Waals surface area contributed by atoms with Crippen molar-refractivity contribution >= 4 is 28.4 Å². The largest absolute Gasteiger partial charge is 0.497 e. The maximum absolute atomic E-state index is 13.2. The SMILES string of the molecule is COc1cccc(Cc2nsc(N3CCN(CCNC(=O)Nc4cccc(F)c4)CC3)n2)c1. The molecule has 1 fully saturated rings. The van der Waals surface area contributed by atoms with Gasteiger partial charge in [-0.3, -0.25) is 4.90 Å². The van der Waals surface area contributed by atoms with Crippen molar-refractivity contribution in [1.29, 1.82) is 0 Å². The van der Waals surface area contributed by atoms with Gasteiger partial charge in [-0.05, 0) is 35.9 Å². The number of benzene rings is 2. The third-order valence-corrected chi connectivity index (χ3v) is 6.21. The molecule has 8 nitrogen and oxygen atoms in total. The molecule has 0 aliphatic carbocycles. The number of carbonyl (C=O) groups excluding carboxylic acids is 1. The molecule has 4 rings (SSSR count). The number of aromatic nitrogens is 2. The monoisotopic (exact) mass is 470 g/mol. The number of hydrogen-bond donors (Lipinski definition) is 2. The maximum Gasteiger partial charge on any atom is 0.319 e. The molecule has 2 heterocycles. The Morgan fingerprint density at radius 1 is 1.15 bits per heavy atom. The van der Waals surface area contributed by atoms with Crippen LogP contribution in [-0.4, -0.2) is 66.7 Å². The first-order chi connectivity index (χ1) is 16.1. The van der Waals surface area contributed by atoms with Gasteiger partial charge in [0, 0.05) is 62.9 Å². The Morgan fingerprint density at radius 3 is 2.76 bits per heavy atom. The van der Waals surface area contributed by atoms with Crippen molar-refractivity contribution < 1.29 is 13.9 Å². The van der Waals surface area contributed by atoms with Gasteiger partial charge in [-0.2, -0.15) is 4.37 Å². The molecule has 0 spiro atoms. The standard InChI is InChI=1S/C23H27FN6O2S/c1-32-20-7-2-4-17(14-20)15-21-27-23(33-28-21)30-12-10-29(11-13-30)9-8-25-22(31)26-19-6-3-5-18(24)16-19/h2-7,14,16H,8-13,15H2,1H3,(H2,25,26,31). The third-order valence-electron chi connectivity index (χ3n) is 5.39. The molecular formula is C23H27FN6O2S. The van der Waals surface area contributed by atoms with Crippen LogP contribution in [0.5, 0.6) is 5.75 Å². The highest BCUT2D eigenvalue weighted by atomic mass is 32.1. The van der Waals surface area contributed by atoms with E-state index in [0.717, 1.165) is 55.0 Å². The molecule has 2 aromatic carbocycles. The third kappa shape index (κ3) is 6.62. The number of halogens is 1. The number of hydrogen-bond acceptors (Lipinski definition) is 7. The lowest BCUT2D eigenvalue weighted by molar-refractivity contribution is 0.240. The van der Waals surface area contributed by atoms with Crippen molar-refractivity contribution in [3.8, 4) is 5.75 Å². The lowest BCUT2D eigenvalue weighted by Crippen LogP contribution is -2.48. The molecule has 33 heavy (non-hydrogen) atoms. The fourth-order valence-electron chi connectivity index (χ4n) is 3.64. The molecule has 0 radical (unpaired) electrons. The normalized spacial score (nSPS) is 14.2. The predicted molar refractivity (Wildman–Crippen MR) is 128 cm³/mol. The fraction of sp³-hybridized carbons (Fsp3) is 0.348. The molecule has 2 N–H and O–H groups in total. The van der Waals surface area contributed by atoms with Gasteiger partial charge in [-0.25, -0.2) is 14.2 Å². The average molecular weight is 471 g/mol. The second-order valence-electron chi connectivity index (χ2n) is 7.74. The van der Waals surface area contributed by atoms with Crippen LogP contribution in [0.1, 0.15) is 11.4 Å². The molecule has 10 heteroatoms. The van der Waals surface area contributed by atoms with Crippen molar-refractivity contribution in [3.63, 3.8) is 0 Å². The number of urea groups is 1. The van der Waals surface area contributed by atoms with E-state index in [9.17, 15) is 9.18 Å². The van der Waals surface area contributed by atoms with Gasteiger partial charge in [0.25, 0.3) is 0 Å². The summed E-state index contributed by atoms with van der Waals surface area (Å²) in [5.74, 6) is 1.27. The van der Waals surface area contributed by atoms with E-state index in [1.54, 1.807) is 19.2 Å². The van der Waals surface area contributed by atoms with Gasteiger partial charge < -0.3 is 20.3 Å². The Morgan fingerprint density at radius 2 is 1.97 bits per heavy atom. The van der Waals surface area contributed by atoms with Crippen molar-refractivity contribution in [2.24, 2.45) is 0 Å². The van der Waals surface area contributed by atoms with E-state index < -0.39 is 0 Å². The number of anilines is 2. The van der Waals surface area contributed by atoms with E-state index in [-0.39, 0.29) is 11.8 Å². The first kappa shape index (κ1) is 22.9. The molecule has 3 aromatic rings. The highest BCUT2D eigenvalue weighted by Crippen LogP contribution is 2.21. The quantitative estimate of drug-likeness (QED) is 0.526. The first-order valence-electron chi connectivity index (χ1n) is 10.8. The molecule has 1 aromatic heterocycles. The summed E-state index contributed by atoms with van der Waals surface area (Å²) in [5.41, 5.74) is 1.56. The second-order valence-corrected chi connectivity index (χ2v) is 8.47. The average Bonchev–Trinajstić information content (AvgIpc) is 3.28. The summed E-state index contributed by atoms with van der Waals surface area (Å²) in [7, 11) is 1.66. The van der Waals surface area contributed by atoms with Gasteiger partial charge in [-0.1, -0.05) is 18.2 Å². The van der Waals surface area contributed by atoms with Crippen LogP contribution in [0.3, 0.4) is 0 Å². The van der Waals surface area contributed by atoms with Crippen LogP contribution in [-0.2, 0) is 6.42 Å². The molecule has 0 atom stereocenters. The van der Waals surface area contributed by atoms with Crippen LogP contribution < -0.4 is 20.3 Å². The number of carbonyl (C=O) groups is 1. The number of nitrogens with zero attached hydrogens (tertiary/aromatic N) is 4. The maximum atomic E-state index is 13.2. The van der Waals surface area contributed by atoms with Gasteiger partial charge >= 0.3 is 6.03 Å². The summed E-state index contributed by atoms with van der Waals surface area (Å²) in [6.45, 7) is 4.77. The summed E-state index contributed by atoms with van der Waals surface area (Å²) in [5, 5.41) is 6.40. The van der Waals surface area contributed by atoms with Crippen LogP contribution >= 0.6 is 11.5 Å². The molecule has 1 saturated heterocycles. The molecule has 0 unspecified atom stereocenters. The molecule has 0 saturated carbocycles. The van der Waals surface area contributed by atoms with Crippen LogP contribution in [0.2, 0.25) is 0 Å². The second kappa shape index (κ2) is 11.1. The minimum atomic E-state index is -0.381. The minimum absolute atomic E-state index is 0.336. The highest BCUT2D eigenvalue weighted by Gasteiger charge is 2.20. The minimum Gasteiger partial charge on any atom is -0.497 e. The highest BCUT2D eigenvalue weighted by molar-refractivity contribution is 7.09. The van der Waals surface area contributed by atoms with Gasteiger partial charge in [0.05, 0.1) is 7.11 Å². The Labute approximate surface area is 196 Å². The number of methoxy groups -OCH3 is 1. The van der Waals surface area contributed by atoms with Crippen molar-refractivity contribution in [2.45, 2.75) is 6.42 Å². The molecule has 1 aliphatic rings. The van der Waals surface area contributed by atoms with Gasteiger partial charge in [-0.15, -0.1) is 0 Å². The van der Waals surface area contributed by atoms with Gasteiger partial charge in [0.2, 0.25) is 5.13 Å². The summed E-state index contributed by atoms with van der Waals surface area (Å²) in [4.78, 5) is 21.3. The van der Waals surface area contributed by atoms with Gasteiger partial charge in [0.1, 0.15) is 17.4 Å². The number of rotatable bonds is 8. The topological polar surface area (TPSA) is 82.6 Å². The Balaban J connectivity index is 1.18. The van der Waals surface area contributed by atoms with Gasteiger partial charge in [0.15, 0.2) is 0 Å². The lowest BCUT2D eigenvalue weighted by atomic mass is 10.1. The van der Waals surface area contributed by atoms with E-state index in [0.29, 0.717) is 18.7 Å². The van der Waals surface area contributed by atoms with Crippen molar-refractivity contribution in [3.05, 3.63) is 65.7 Å². The molecule has 0 bridgehead atoms. The van der Waals surface area contributed by atoms with E-state index in [4.69, 9.17) is 9.72 Å². The van der Waals surface area contributed by atoms with Crippen molar-refractivity contribution in [2.75, 3.05) is 56.6 Å². The smallest absolute Gasteiger partial charge is 0.319 e. The van der Waals surface area contributed by atoms with Crippen molar-refractivity contribution in [1.82, 2.24) is 19.6 Å². The summed E-state index contributed by atoms with van der Waals surface area (Å²) in [6.07, 6.45) is 0.678. The molecule has 2 amide bonds.